The van der Waals surface area contributed by atoms with Crippen LogP contribution in [0.25, 0.3) is 0 Å². The van der Waals surface area contributed by atoms with Gasteiger partial charge >= 0.3 is 0 Å². The van der Waals surface area contributed by atoms with Gasteiger partial charge in [-0.15, -0.1) is 0 Å². The third-order valence-electron chi connectivity index (χ3n) is 7.01. The van der Waals surface area contributed by atoms with Gasteiger partial charge in [0.1, 0.15) is 30.0 Å². The van der Waals surface area contributed by atoms with Crippen LogP contribution in [0.15, 0.2) is 91.0 Å². The largest absolute Gasteiger partial charge is 0.497 e. The molecule has 1 unspecified atom stereocenters. The molecule has 39 heavy (non-hydrogen) atoms. The maximum Gasteiger partial charge on any atom is 0.135 e. The van der Waals surface area contributed by atoms with Crippen molar-refractivity contribution < 1.29 is 19.0 Å². The zero-order chi connectivity index (χ0) is 27.5. The van der Waals surface area contributed by atoms with Crippen molar-refractivity contribution in [3.8, 4) is 5.75 Å². The Hall–Kier alpha value is -2.20. The van der Waals surface area contributed by atoms with Crippen molar-refractivity contribution in [2.24, 2.45) is 0 Å². The van der Waals surface area contributed by atoms with Crippen LogP contribution in [0, 0.1) is 9.39 Å². The standard InChI is InChI=1S/C31H27Cl2FINO3/c1-38-26-14-2-19(3-15-26)18-36-29(20-4-9-23(32)10-5-20)30(21-6-11-24(33)12-7-21)39-28(31(36)37)16-22-8-13-25(35)17-27(22)34/h2-15,17,28-31,37H,16,18H2,1H3/t28-,29+,30-,31?/m0/s1. The van der Waals surface area contributed by atoms with Crippen LogP contribution < -0.4 is 4.74 Å². The Morgan fingerprint density at radius 3 is 2.10 bits per heavy atom. The van der Waals surface area contributed by atoms with Crippen molar-refractivity contribution in [1.29, 1.82) is 0 Å². The van der Waals surface area contributed by atoms with Gasteiger partial charge in [0.15, 0.2) is 0 Å². The van der Waals surface area contributed by atoms with E-state index in [1.807, 2.05) is 83.8 Å². The van der Waals surface area contributed by atoms with E-state index in [1.165, 1.54) is 6.07 Å². The normalized spacial score (nSPS) is 21.6. The molecule has 0 spiro atoms. The van der Waals surface area contributed by atoms with Crippen LogP contribution in [-0.2, 0) is 17.7 Å². The van der Waals surface area contributed by atoms with E-state index < -0.39 is 18.4 Å². The van der Waals surface area contributed by atoms with Gasteiger partial charge in [-0.05, 0) is 93.4 Å². The molecule has 4 nitrogen and oxygen atoms in total. The average molecular weight is 678 g/mol. The SMILES string of the molecule is COc1ccc(CN2C(O)[C@H](Cc3ccc(I)cc3F)O[C@@H](c3ccc(Cl)cc3)[C@H]2c2ccc(Cl)cc2)cc1. The highest BCUT2D eigenvalue weighted by molar-refractivity contribution is 14.1. The van der Waals surface area contributed by atoms with E-state index in [0.29, 0.717) is 22.2 Å². The highest BCUT2D eigenvalue weighted by Gasteiger charge is 2.44. The Bertz CT molecular complexity index is 1400. The number of hydrogen-bond acceptors (Lipinski definition) is 4. The van der Waals surface area contributed by atoms with Gasteiger partial charge in [-0.2, -0.15) is 0 Å². The van der Waals surface area contributed by atoms with E-state index in [2.05, 4.69) is 22.6 Å². The van der Waals surface area contributed by atoms with Crippen molar-refractivity contribution in [2.45, 2.75) is 37.4 Å². The molecule has 1 heterocycles. The summed E-state index contributed by atoms with van der Waals surface area (Å²) >= 11 is 14.5. The van der Waals surface area contributed by atoms with E-state index in [4.69, 9.17) is 32.7 Å². The lowest BCUT2D eigenvalue weighted by atomic mass is 9.90. The summed E-state index contributed by atoms with van der Waals surface area (Å²) in [4.78, 5) is 2.02. The molecule has 4 aromatic rings. The van der Waals surface area contributed by atoms with Gasteiger partial charge in [-0.3, -0.25) is 4.90 Å². The van der Waals surface area contributed by atoms with Crippen LogP contribution in [0.2, 0.25) is 10.0 Å². The fourth-order valence-corrected chi connectivity index (χ4v) is 5.72. The zero-order valence-electron chi connectivity index (χ0n) is 21.1. The second-order valence-corrected chi connectivity index (χ2v) is 11.6. The van der Waals surface area contributed by atoms with Gasteiger partial charge in [0.2, 0.25) is 0 Å². The summed E-state index contributed by atoms with van der Waals surface area (Å²) in [6, 6.07) is 27.6. The second-order valence-electron chi connectivity index (χ2n) is 9.52. The average Bonchev–Trinajstić information content (AvgIpc) is 2.93. The second kappa shape index (κ2) is 12.5. The number of hydrogen-bond donors (Lipinski definition) is 1. The van der Waals surface area contributed by atoms with E-state index in [1.54, 1.807) is 13.2 Å². The lowest BCUT2D eigenvalue weighted by Crippen LogP contribution is -2.54. The molecule has 202 valence electrons. The number of halogens is 4. The first-order chi connectivity index (χ1) is 18.8. The fourth-order valence-electron chi connectivity index (χ4n) is 5.02. The van der Waals surface area contributed by atoms with Crippen molar-refractivity contribution >= 4 is 45.8 Å². The summed E-state index contributed by atoms with van der Waals surface area (Å²) in [5.74, 6) is 0.434. The molecule has 1 N–H and O–H groups in total. The number of benzene rings is 4. The minimum Gasteiger partial charge on any atom is -0.497 e. The van der Waals surface area contributed by atoms with Crippen LogP contribution in [0.3, 0.4) is 0 Å². The van der Waals surface area contributed by atoms with Crippen molar-refractivity contribution in [3.05, 3.63) is 133 Å². The third kappa shape index (κ3) is 6.59. The predicted octanol–water partition coefficient (Wildman–Crippen LogP) is 7.99. The number of methoxy groups -OCH3 is 1. The molecular formula is C31H27Cl2FINO3. The zero-order valence-corrected chi connectivity index (χ0v) is 24.8. The number of aliphatic hydroxyl groups excluding tert-OH is 1. The molecule has 5 rings (SSSR count). The Labute approximate surface area is 251 Å². The summed E-state index contributed by atoms with van der Waals surface area (Å²) in [7, 11) is 1.63. The highest BCUT2D eigenvalue weighted by Crippen LogP contribution is 2.45. The van der Waals surface area contributed by atoms with Crippen LogP contribution in [-0.4, -0.2) is 29.4 Å². The quantitative estimate of drug-likeness (QED) is 0.202. The molecule has 4 atom stereocenters. The lowest BCUT2D eigenvalue weighted by Gasteiger charge is -2.48. The third-order valence-corrected chi connectivity index (χ3v) is 8.18. The van der Waals surface area contributed by atoms with Crippen molar-refractivity contribution in [1.82, 2.24) is 4.90 Å². The summed E-state index contributed by atoms with van der Waals surface area (Å²) < 4.78 is 27.7. The van der Waals surface area contributed by atoms with E-state index in [9.17, 15) is 9.50 Å². The lowest BCUT2D eigenvalue weighted by molar-refractivity contribution is -0.222. The number of nitrogens with zero attached hydrogens (tertiary/aromatic N) is 1. The van der Waals surface area contributed by atoms with Crippen LogP contribution in [0.4, 0.5) is 4.39 Å². The number of morpholine rings is 1. The first-order valence-electron chi connectivity index (χ1n) is 12.5. The molecule has 0 saturated carbocycles. The minimum atomic E-state index is -1.02. The van der Waals surface area contributed by atoms with Gasteiger partial charge in [-0.1, -0.05) is 65.7 Å². The van der Waals surface area contributed by atoms with E-state index in [0.717, 1.165) is 26.0 Å². The van der Waals surface area contributed by atoms with Crippen molar-refractivity contribution in [2.75, 3.05) is 7.11 Å². The van der Waals surface area contributed by atoms with Crippen LogP contribution in [0.5, 0.6) is 5.75 Å². The van der Waals surface area contributed by atoms with Gasteiger partial charge in [0.25, 0.3) is 0 Å². The maximum atomic E-state index is 14.9. The molecule has 0 radical (unpaired) electrons. The molecule has 1 saturated heterocycles. The van der Waals surface area contributed by atoms with Gasteiger partial charge in [0, 0.05) is 26.6 Å². The maximum absolute atomic E-state index is 14.9. The smallest absolute Gasteiger partial charge is 0.135 e. The Morgan fingerprint density at radius 1 is 0.897 bits per heavy atom. The summed E-state index contributed by atoms with van der Waals surface area (Å²) in [6.07, 6.45) is -1.97. The molecule has 4 aromatic carbocycles. The Balaban J connectivity index is 1.58. The summed E-state index contributed by atoms with van der Waals surface area (Å²) in [5, 5.41) is 13.0. The predicted molar refractivity (Wildman–Crippen MR) is 161 cm³/mol. The van der Waals surface area contributed by atoms with Gasteiger partial charge in [0.05, 0.1) is 13.2 Å². The minimum absolute atomic E-state index is 0.209. The summed E-state index contributed by atoms with van der Waals surface area (Å²) in [6.45, 7) is 0.428. The molecule has 0 amide bonds. The molecule has 1 aliphatic rings. The van der Waals surface area contributed by atoms with E-state index >= 15 is 0 Å². The Morgan fingerprint density at radius 2 is 1.51 bits per heavy atom. The number of rotatable bonds is 7. The molecule has 8 heteroatoms. The fraction of sp³-hybridized carbons (Fsp3) is 0.226. The first kappa shape index (κ1) is 28.3. The first-order valence-corrected chi connectivity index (χ1v) is 14.3. The van der Waals surface area contributed by atoms with Crippen molar-refractivity contribution in [3.63, 3.8) is 0 Å². The molecule has 1 fully saturated rings. The monoisotopic (exact) mass is 677 g/mol. The summed E-state index contributed by atoms with van der Waals surface area (Å²) in [5.41, 5.74) is 3.32. The van der Waals surface area contributed by atoms with E-state index in [-0.39, 0.29) is 18.3 Å². The number of ether oxygens (including phenoxy) is 2. The van der Waals surface area contributed by atoms with Gasteiger partial charge < -0.3 is 14.6 Å². The highest BCUT2D eigenvalue weighted by atomic mass is 127. The topological polar surface area (TPSA) is 41.9 Å². The molecule has 1 aliphatic heterocycles. The van der Waals surface area contributed by atoms with Gasteiger partial charge in [-0.25, -0.2) is 4.39 Å². The Kier molecular flexibility index (Phi) is 9.11. The molecule has 0 aliphatic carbocycles. The van der Waals surface area contributed by atoms with Crippen LogP contribution in [0.1, 0.15) is 34.4 Å². The number of aliphatic hydroxyl groups is 1. The molecular weight excluding hydrogens is 651 g/mol. The van der Waals surface area contributed by atoms with Crippen LogP contribution >= 0.6 is 45.8 Å². The molecule has 0 aromatic heterocycles. The molecule has 0 bridgehead atoms.